The molecule has 0 radical (unpaired) electrons. The first kappa shape index (κ1) is 17.8. The quantitative estimate of drug-likeness (QED) is 0.578. The summed E-state index contributed by atoms with van der Waals surface area (Å²) in [5.41, 5.74) is 7.14. The molecule has 2 aromatic carbocycles. The summed E-state index contributed by atoms with van der Waals surface area (Å²) < 4.78 is 2.13. The second-order valence-electron chi connectivity index (χ2n) is 9.35. The summed E-state index contributed by atoms with van der Waals surface area (Å²) in [6, 6.07) is 17.4. The van der Waals surface area contributed by atoms with E-state index in [-0.39, 0.29) is 11.1 Å². The molecule has 0 bridgehead atoms. The Morgan fingerprint density at radius 1 is 0.889 bits per heavy atom. The van der Waals surface area contributed by atoms with Crippen molar-refractivity contribution < 1.29 is 4.68 Å². The van der Waals surface area contributed by atoms with Crippen molar-refractivity contribution in [3.05, 3.63) is 54.1 Å². The highest BCUT2D eigenvalue weighted by Crippen LogP contribution is 2.42. The van der Waals surface area contributed by atoms with Gasteiger partial charge < -0.3 is 4.90 Å². The Morgan fingerprint density at radius 2 is 1.52 bits per heavy atom. The number of nitrogens with zero attached hydrogens (tertiary/aromatic N) is 3. The molecule has 27 heavy (non-hydrogen) atoms. The minimum Gasteiger partial charge on any atom is -0.362 e. The molecular weight excluding hydrogens is 332 g/mol. The Hall–Kier alpha value is -2.62. The fourth-order valence-corrected chi connectivity index (χ4v) is 3.90. The van der Waals surface area contributed by atoms with Gasteiger partial charge in [-0.05, 0) is 59.2 Å². The van der Waals surface area contributed by atoms with Gasteiger partial charge in [-0.3, -0.25) is 0 Å². The molecule has 1 N–H and O–H groups in total. The van der Waals surface area contributed by atoms with Crippen LogP contribution in [0.15, 0.2) is 48.5 Å². The molecule has 0 fully saturated rings. The van der Waals surface area contributed by atoms with E-state index in [9.17, 15) is 0 Å². The summed E-state index contributed by atoms with van der Waals surface area (Å²) in [6.07, 6.45) is 0. The van der Waals surface area contributed by atoms with Gasteiger partial charge in [-0.15, -0.1) is 9.78 Å². The van der Waals surface area contributed by atoms with Gasteiger partial charge in [-0.25, -0.2) is 0 Å². The van der Waals surface area contributed by atoms with Crippen LogP contribution in [0.25, 0.3) is 22.5 Å². The zero-order valence-electron chi connectivity index (χ0n) is 17.2. The largest absolute Gasteiger partial charge is 0.362 e. The van der Waals surface area contributed by atoms with Crippen molar-refractivity contribution in [2.75, 3.05) is 4.90 Å². The summed E-state index contributed by atoms with van der Waals surface area (Å²) in [7, 11) is 0. The first-order valence-electron chi connectivity index (χ1n) is 9.64. The predicted octanol–water partition coefficient (Wildman–Crippen LogP) is 4.90. The minimum atomic E-state index is -0.127. The second-order valence-corrected chi connectivity index (χ2v) is 9.35. The van der Waals surface area contributed by atoms with Gasteiger partial charge in [0.1, 0.15) is 5.54 Å². The summed E-state index contributed by atoms with van der Waals surface area (Å²) in [4.78, 5) is 2.50. The molecule has 0 aliphatic carbocycles. The fraction of sp³-hybridized carbons (Fsp3) is 0.391. The van der Waals surface area contributed by atoms with Gasteiger partial charge in [0.05, 0.1) is 10.8 Å². The van der Waals surface area contributed by atoms with E-state index in [4.69, 9.17) is 5.21 Å². The minimum absolute atomic E-state index is 0.00296. The Bertz CT molecular complexity index is 986. The van der Waals surface area contributed by atoms with Crippen LogP contribution in [0.2, 0.25) is 0 Å². The number of anilines is 1. The van der Waals surface area contributed by atoms with Crippen molar-refractivity contribution in [3.8, 4) is 22.5 Å². The molecule has 1 aliphatic heterocycles. The van der Waals surface area contributed by atoms with Crippen molar-refractivity contribution in [2.24, 2.45) is 0 Å². The van der Waals surface area contributed by atoms with E-state index in [2.05, 4.69) is 105 Å². The number of aromatic nitrogens is 3. The van der Waals surface area contributed by atoms with Crippen LogP contribution in [0.4, 0.5) is 5.69 Å². The topological polar surface area (TPSA) is 35.8 Å². The maximum absolute atomic E-state index is 4.71. The van der Waals surface area contributed by atoms with Crippen molar-refractivity contribution >= 4 is 5.69 Å². The number of hydrogen-bond acceptors (Lipinski definition) is 2. The van der Waals surface area contributed by atoms with E-state index in [1.807, 2.05) is 0 Å². The van der Waals surface area contributed by atoms with Gasteiger partial charge in [0, 0.05) is 23.3 Å². The zero-order valence-corrected chi connectivity index (χ0v) is 17.2. The normalized spacial score (nSPS) is 14.1. The summed E-state index contributed by atoms with van der Waals surface area (Å²) in [5.74, 6) is 0. The van der Waals surface area contributed by atoms with E-state index in [1.54, 1.807) is 0 Å². The molecule has 140 valence electrons. The Morgan fingerprint density at radius 3 is 2.19 bits per heavy atom. The number of hydrogen-bond donors (Lipinski definition) is 1. The summed E-state index contributed by atoms with van der Waals surface area (Å²) in [6.45, 7) is 14.3. The van der Waals surface area contributed by atoms with Crippen LogP contribution in [0, 0.1) is 0 Å². The van der Waals surface area contributed by atoms with Crippen LogP contribution in [0.3, 0.4) is 0 Å². The lowest BCUT2D eigenvalue weighted by molar-refractivity contribution is -0.796. The highest BCUT2D eigenvalue weighted by molar-refractivity contribution is 5.86. The lowest BCUT2D eigenvalue weighted by atomic mass is 9.92. The number of benzene rings is 2. The molecule has 0 amide bonds. The molecule has 4 nitrogen and oxygen atoms in total. The van der Waals surface area contributed by atoms with Crippen LogP contribution in [-0.4, -0.2) is 15.9 Å². The molecule has 0 saturated heterocycles. The van der Waals surface area contributed by atoms with E-state index >= 15 is 0 Å². The third-order valence-electron chi connectivity index (χ3n) is 5.22. The van der Waals surface area contributed by atoms with Crippen LogP contribution < -0.4 is 9.58 Å². The fourth-order valence-electron chi connectivity index (χ4n) is 3.90. The van der Waals surface area contributed by atoms with Gasteiger partial charge in [-0.2, -0.15) is 0 Å². The molecule has 4 heteroatoms. The van der Waals surface area contributed by atoms with Crippen LogP contribution in [-0.2, 0) is 12.1 Å². The van der Waals surface area contributed by atoms with Crippen molar-refractivity contribution in [2.45, 2.75) is 59.2 Å². The van der Waals surface area contributed by atoms with Crippen molar-refractivity contribution in [3.63, 3.8) is 0 Å². The third-order valence-corrected chi connectivity index (χ3v) is 5.22. The lowest BCUT2D eigenvalue weighted by Gasteiger charge is -2.40. The molecule has 3 aromatic rings. The number of aromatic amines is 1. The predicted molar refractivity (Wildman–Crippen MR) is 111 cm³/mol. The first-order valence-corrected chi connectivity index (χ1v) is 9.64. The molecular formula is C23H29N4+. The summed E-state index contributed by atoms with van der Waals surface area (Å²) >= 11 is 0. The third kappa shape index (κ3) is 2.93. The van der Waals surface area contributed by atoms with Crippen LogP contribution in [0.5, 0.6) is 0 Å². The smallest absolute Gasteiger partial charge is 0.208 e. The molecule has 4 rings (SSSR count). The highest BCUT2D eigenvalue weighted by atomic mass is 15.5. The summed E-state index contributed by atoms with van der Waals surface area (Å²) in [5, 5.41) is 8.06. The van der Waals surface area contributed by atoms with E-state index in [0.29, 0.717) is 0 Å². The molecule has 2 heterocycles. The number of para-hydroxylation sites is 1. The maximum Gasteiger partial charge on any atom is 0.208 e. The number of rotatable bonds is 0. The van der Waals surface area contributed by atoms with Gasteiger partial charge in [0.2, 0.25) is 11.4 Å². The standard InChI is InChI=1S/C23H28N4/c1-22(2,3)26-15-16-11-7-8-12-17(16)20-21(18-13-9-10-14-19(18)26)27(25-24-20)23(4,5)6/h7-14H,15H2,1-6H3/p+1. The number of nitrogens with one attached hydrogen (secondary N) is 1. The molecule has 0 atom stereocenters. The molecule has 0 spiro atoms. The van der Waals surface area contributed by atoms with Gasteiger partial charge in [-0.1, -0.05) is 36.4 Å². The number of fused-ring (bicyclic) bond motifs is 5. The van der Waals surface area contributed by atoms with E-state index in [0.717, 1.165) is 17.9 Å². The Kier molecular flexibility index (Phi) is 3.91. The molecule has 1 aromatic heterocycles. The van der Waals surface area contributed by atoms with E-state index < -0.39 is 0 Å². The zero-order chi connectivity index (χ0) is 19.4. The van der Waals surface area contributed by atoms with Gasteiger partial charge in [0.25, 0.3) is 0 Å². The second kappa shape index (κ2) is 5.95. The average Bonchev–Trinajstić information content (AvgIpc) is 3.02. The molecule has 1 aliphatic rings. The number of H-pyrrole nitrogens is 1. The van der Waals surface area contributed by atoms with Gasteiger partial charge >= 0.3 is 0 Å². The molecule has 0 unspecified atom stereocenters. The van der Waals surface area contributed by atoms with Crippen molar-refractivity contribution in [1.82, 2.24) is 10.3 Å². The Balaban J connectivity index is 2.12. The first-order chi connectivity index (χ1) is 12.7. The highest BCUT2D eigenvalue weighted by Gasteiger charge is 2.37. The van der Waals surface area contributed by atoms with Gasteiger partial charge in [0.15, 0.2) is 0 Å². The lowest BCUT2D eigenvalue weighted by Crippen LogP contribution is -2.53. The van der Waals surface area contributed by atoms with E-state index in [1.165, 1.54) is 22.4 Å². The van der Waals surface area contributed by atoms with Crippen LogP contribution in [0.1, 0.15) is 47.1 Å². The monoisotopic (exact) mass is 361 g/mol. The Labute approximate surface area is 161 Å². The van der Waals surface area contributed by atoms with Crippen molar-refractivity contribution in [1.29, 1.82) is 0 Å². The maximum atomic E-state index is 4.71. The molecule has 0 saturated carbocycles. The van der Waals surface area contributed by atoms with Crippen LogP contribution >= 0.6 is 0 Å². The SMILES string of the molecule is CC(C)(C)N1Cc2ccccc2-c2[nH]n[n+](C(C)(C)C)c2-c2ccccc21. The average molecular weight is 362 g/mol.